The van der Waals surface area contributed by atoms with Gasteiger partial charge in [-0.05, 0) is 83.9 Å². The topological polar surface area (TPSA) is 58.6 Å². The van der Waals surface area contributed by atoms with Gasteiger partial charge in [-0.3, -0.25) is 9.59 Å². The number of ether oxygens (including phenoxy) is 1. The average molecular weight is 586 g/mol. The molecule has 8 heteroatoms. The lowest BCUT2D eigenvalue weighted by molar-refractivity contribution is -0.143. The van der Waals surface area contributed by atoms with Gasteiger partial charge in [0.2, 0.25) is 5.91 Å². The summed E-state index contributed by atoms with van der Waals surface area (Å²) in [7, 11) is 0. The highest BCUT2D eigenvalue weighted by Crippen LogP contribution is 2.32. The molecule has 0 spiro atoms. The second kappa shape index (κ2) is 12.0. The first-order valence-electron chi connectivity index (χ1n) is 11.6. The van der Waals surface area contributed by atoms with E-state index in [2.05, 4.69) is 42.0 Å². The molecule has 2 amide bonds. The number of hydrogen-bond acceptors (Lipinski definition) is 3. The van der Waals surface area contributed by atoms with Crippen LogP contribution in [0.5, 0.6) is 5.75 Å². The third kappa shape index (κ3) is 8.69. The maximum atomic E-state index is 13.4. The van der Waals surface area contributed by atoms with Crippen molar-refractivity contribution in [1.29, 1.82) is 0 Å². The Morgan fingerprint density at radius 3 is 2.23 bits per heavy atom. The van der Waals surface area contributed by atoms with E-state index in [1.165, 1.54) is 4.90 Å². The molecule has 192 valence electrons. The fraction of sp³-hybridized carbons (Fsp3) is 0.481. The quantitative estimate of drug-likeness (QED) is 0.358. The molecule has 2 aromatic carbocycles. The van der Waals surface area contributed by atoms with Gasteiger partial charge in [0.25, 0.3) is 5.91 Å². The van der Waals surface area contributed by atoms with Crippen LogP contribution < -0.4 is 10.1 Å². The zero-order chi connectivity index (χ0) is 26.6. The Balaban J connectivity index is 2.30. The maximum absolute atomic E-state index is 13.4. The Kier molecular flexibility index (Phi) is 10.1. The van der Waals surface area contributed by atoms with E-state index in [9.17, 15) is 9.59 Å². The van der Waals surface area contributed by atoms with E-state index in [1.807, 2.05) is 45.9 Å². The zero-order valence-corrected chi connectivity index (χ0v) is 24.6. The molecule has 0 heterocycles. The van der Waals surface area contributed by atoms with E-state index in [4.69, 9.17) is 27.9 Å². The molecular weight excluding hydrogens is 551 g/mol. The highest BCUT2D eigenvalue weighted by Gasteiger charge is 2.31. The SMILES string of the molecule is CC[C@H](C(=O)NC(C)(C)C)N(Cc1ccc(Cl)cc1Cl)C(=O)COc1ccc(C(C)(C)C)cc1Br. The minimum atomic E-state index is -0.691. The highest BCUT2D eigenvalue weighted by molar-refractivity contribution is 9.10. The summed E-state index contributed by atoms with van der Waals surface area (Å²) < 4.78 is 6.65. The molecule has 1 atom stereocenters. The van der Waals surface area contributed by atoms with Gasteiger partial charge in [0.05, 0.1) is 4.47 Å². The minimum Gasteiger partial charge on any atom is -0.483 e. The van der Waals surface area contributed by atoms with Crippen molar-refractivity contribution >= 4 is 50.9 Å². The lowest BCUT2D eigenvalue weighted by Crippen LogP contribution is -2.54. The van der Waals surface area contributed by atoms with Gasteiger partial charge < -0.3 is 15.0 Å². The fourth-order valence-electron chi connectivity index (χ4n) is 3.51. The second-order valence-corrected chi connectivity index (χ2v) is 12.3. The van der Waals surface area contributed by atoms with Gasteiger partial charge in [-0.2, -0.15) is 0 Å². The summed E-state index contributed by atoms with van der Waals surface area (Å²) in [5.41, 5.74) is 1.39. The van der Waals surface area contributed by atoms with Crippen LogP contribution in [0.25, 0.3) is 0 Å². The van der Waals surface area contributed by atoms with Crippen LogP contribution in [-0.4, -0.2) is 34.9 Å². The van der Waals surface area contributed by atoms with E-state index >= 15 is 0 Å². The first-order valence-corrected chi connectivity index (χ1v) is 13.2. The van der Waals surface area contributed by atoms with E-state index in [1.54, 1.807) is 18.2 Å². The summed E-state index contributed by atoms with van der Waals surface area (Å²) in [4.78, 5) is 28.1. The van der Waals surface area contributed by atoms with Gasteiger partial charge in [-0.25, -0.2) is 0 Å². The van der Waals surface area contributed by atoms with Crippen LogP contribution in [0.2, 0.25) is 10.0 Å². The number of carbonyl (C=O) groups excluding carboxylic acids is 2. The van der Waals surface area contributed by atoms with Crippen molar-refractivity contribution < 1.29 is 14.3 Å². The van der Waals surface area contributed by atoms with Gasteiger partial charge >= 0.3 is 0 Å². The zero-order valence-electron chi connectivity index (χ0n) is 21.5. The molecule has 0 aliphatic carbocycles. The standard InChI is InChI=1S/C27H35BrCl2N2O3/c1-8-22(25(34)31-27(5,6)7)32(15-17-9-11-19(29)14-21(17)30)24(33)16-35-23-12-10-18(13-20(23)28)26(2,3)4/h9-14,22H,8,15-16H2,1-7H3,(H,31,34)/t22-/m1/s1. The molecule has 0 fully saturated rings. The molecule has 0 aliphatic heterocycles. The largest absolute Gasteiger partial charge is 0.483 e. The number of halogens is 3. The van der Waals surface area contributed by atoms with Crippen LogP contribution in [0.1, 0.15) is 66.0 Å². The van der Waals surface area contributed by atoms with Crippen molar-refractivity contribution in [3.63, 3.8) is 0 Å². The van der Waals surface area contributed by atoms with Gasteiger partial charge in [-0.15, -0.1) is 0 Å². The van der Waals surface area contributed by atoms with E-state index in [0.29, 0.717) is 27.8 Å². The molecule has 0 bridgehead atoms. The van der Waals surface area contributed by atoms with Crippen molar-refractivity contribution in [2.45, 2.75) is 78.4 Å². The molecule has 35 heavy (non-hydrogen) atoms. The molecule has 1 N–H and O–H groups in total. The number of amides is 2. The first kappa shape index (κ1) is 29.5. The molecular formula is C27H35BrCl2N2O3. The lowest BCUT2D eigenvalue weighted by atomic mass is 9.87. The Morgan fingerprint density at radius 1 is 1.06 bits per heavy atom. The lowest BCUT2D eigenvalue weighted by Gasteiger charge is -2.33. The second-order valence-electron chi connectivity index (χ2n) is 10.6. The average Bonchev–Trinajstić information content (AvgIpc) is 2.72. The van der Waals surface area contributed by atoms with Crippen molar-refractivity contribution in [3.05, 3.63) is 62.0 Å². The number of nitrogens with one attached hydrogen (secondary N) is 1. The maximum Gasteiger partial charge on any atom is 0.261 e. The molecule has 2 rings (SSSR count). The Morgan fingerprint density at radius 2 is 1.71 bits per heavy atom. The smallest absolute Gasteiger partial charge is 0.261 e. The normalized spacial score (nSPS) is 12.7. The van der Waals surface area contributed by atoms with Crippen LogP contribution in [-0.2, 0) is 21.5 Å². The molecule has 0 aliphatic rings. The highest BCUT2D eigenvalue weighted by atomic mass is 79.9. The predicted molar refractivity (Wildman–Crippen MR) is 147 cm³/mol. The third-order valence-corrected chi connectivity index (χ3v) is 6.60. The molecule has 0 unspecified atom stereocenters. The summed E-state index contributed by atoms with van der Waals surface area (Å²) in [5.74, 6) is 0.0101. The number of carbonyl (C=O) groups is 2. The van der Waals surface area contributed by atoms with Gasteiger partial charge in [0, 0.05) is 22.1 Å². The van der Waals surface area contributed by atoms with Crippen molar-refractivity contribution in [3.8, 4) is 5.75 Å². The van der Waals surface area contributed by atoms with E-state index < -0.39 is 11.6 Å². The molecule has 0 radical (unpaired) electrons. The van der Waals surface area contributed by atoms with E-state index in [0.717, 1.165) is 10.0 Å². The number of nitrogens with zero attached hydrogens (tertiary/aromatic N) is 1. The van der Waals surface area contributed by atoms with Crippen LogP contribution in [0.4, 0.5) is 0 Å². The fourth-order valence-corrected chi connectivity index (χ4v) is 4.47. The van der Waals surface area contributed by atoms with Gasteiger partial charge in [0.15, 0.2) is 6.61 Å². The van der Waals surface area contributed by atoms with Gasteiger partial charge in [-0.1, -0.05) is 63.0 Å². The van der Waals surface area contributed by atoms with Crippen LogP contribution in [0, 0.1) is 0 Å². The van der Waals surface area contributed by atoms with Gasteiger partial charge in [0.1, 0.15) is 11.8 Å². The summed E-state index contributed by atoms with van der Waals surface area (Å²) in [6, 6.07) is 10.2. The summed E-state index contributed by atoms with van der Waals surface area (Å²) >= 11 is 16.0. The van der Waals surface area contributed by atoms with E-state index in [-0.39, 0.29) is 30.4 Å². The third-order valence-electron chi connectivity index (χ3n) is 5.39. The monoisotopic (exact) mass is 584 g/mol. The van der Waals surface area contributed by atoms with Crippen LogP contribution >= 0.6 is 39.1 Å². The number of hydrogen-bond donors (Lipinski definition) is 1. The molecule has 0 saturated carbocycles. The Bertz CT molecular complexity index is 1060. The summed E-state index contributed by atoms with van der Waals surface area (Å²) in [5, 5.41) is 3.92. The number of benzene rings is 2. The van der Waals surface area contributed by atoms with Crippen LogP contribution in [0.3, 0.4) is 0 Å². The molecule has 0 aromatic heterocycles. The summed E-state index contributed by atoms with van der Waals surface area (Å²) in [6.07, 6.45) is 0.433. The predicted octanol–water partition coefficient (Wildman–Crippen LogP) is 7.15. The molecule has 5 nitrogen and oxygen atoms in total. The molecule has 2 aromatic rings. The van der Waals surface area contributed by atoms with Crippen molar-refractivity contribution in [1.82, 2.24) is 10.2 Å². The summed E-state index contributed by atoms with van der Waals surface area (Å²) in [6.45, 7) is 13.9. The van der Waals surface area contributed by atoms with Crippen molar-refractivity contribution in [2.75, 3.05) is 6.61 Å². The minimum absolute atomic E-state index is 0.0136. The molecule has 0 saturated heterocycles. The first-order chi connectivity index (χ1) is 16.1. The Labute approximate surface area is 227 Å². The number of rotatable bonds is 8. The van der Waals surface area contributed by atoms with Crippen molar-refractivity contribution in [2.24, 2.45) is 0 Å². The Hall–Kier alpha value is -1.76. The van der Waals surface area contributed by atoms with Crippen LogP contribution in [0.15, 0.2) is 40.9 Å².